The number of unbranched alkanes of at least 4 members (excludes halogenated alkanes) is 1. The van der Waals surface area contributed by atoms with Gasteiger partial charge in [0.15, 0.2) is 9.45 Å². The molecule has 0 bridgehead atoms. The van der Waals surface area contributed by atoms with Crippen LogP contribution >= 0.6 is 35.4 Å². The maximum Gasteiger partial charge on any atom is 0.338 e. The summed E-state index contributed by atoms with van der Waals surface area (Å²) in [4.78, 5) is 23.1. The van der Waals surface area contributed by atoms with Crippen LogP contribution in [0.1, 0.15) is 44.0 Å². The Kier molecular flexibility index (Phi) is 9.12. The second-order valence-electron chi connectivity index (χ2n) is 5.76. The van der Waals surface area contributed by atoms with Crippen molar-refractivity contribution in [2.24, 2.45) is 0 Å². The minimum atomic E-state index is -1.27. The Morgan fingerprint density at radius 2 is 1.85 bits per heavy atom. The molecule has 0 saturated heterocycles. The third-order valence-corrected chi connectivity index (χ3v) is 3.90. The molecule has 1 amide bonds. The zero-order chi connectivity index (χ0) is 19.7. The molecule has 1 rings (SSSR count). The van der Waals surface area contributed by atoms with Crippen LogP contribution in [0.15, 0.2) is 24.3 Å². The highest BCUT2D eigenvalue weighted by atomic mass is 35.5. The number of thiocarbonyl (C=S) groups is 1. The van der Waals surface area contributed by atoms with Gasteiger partial charge in [0.1, 0.15) is 6.17 Å². The number of anilines is 1. The molecule has 0 radical (unpaired) electrons. The van der Waals surface area contributed by atoms with E-state index < -0.39 is 10.5 Å². The number of nitrogens with one attached hydrogen (secondary N) is 3. The van der Waals surface area contributed by atoms with Crippen LogP contribution in [0.5, 0.6) is 0 Å². The van der Waals surface area contributed by atoms with E-state index in [0.29, 0.717) is 17.9 Å². The topological polar surface area (TPSA) is 79.5 Å². The molecule has 0 aromatic heterocycles. The van der Waals surface area contributed by atoms with Crippen molar-refractivity contribution in [3.05, 3.63) is 29.8 Å². The monoisotopic (exact) mass is 419 g/mol. The van der Waals surface area contributed by atoms with Crippen molar-refractivity contribution in [3.8, 4) is 0 Å². The molecule has 1 aromatic rings. The van der Waals surface area contributed by atoms with Crippen LogP contribution in [-0.4, -0.2) is 34.1 Å². The van der Waals surface area contributed by atoms with Gasteiger partial charge in [-0.15, -0.1) is 0 Å². The van der Waals surface area contributed by atoms with Crippen LogP contribution in [0.2, 0.25) is 0 Å². The number of amides is 1. The summed E-state index contributed by atoms with van der Waals surface area (Å²) in [6.45, 7) is 5.32. The van der Waals surface area contributed by atoms with E-state index in [9.17, 15) is 9.59 Å². The number of carbonyl (C=O) groups excluding carboxylic acids is 2. The van der Waals surface area contributed by atoms with E-state index in [0.717, 1.165) is 12.8 Å². The number of esters is 1. The molecule has 144 valence electrons. The molecule has 6 nitrogen and oxygen atoms in total. The SMILES string of the molecule is CCCCOC(=O)c1ccc(NC(=S)NC(NC(C)=O)C(C)(Cl)Cl)cc1. The van der Waals surface area contributed by atoms with Gasteiger partial charge >= 0.3 is 5.97 Å². The largest absolute Gasteiger partial charge is 0.462 e. The lowest BCUT2D eigenvalue weighted by Gasteiger charge is -2.29. The standard InChI is InChI=1S/C17H23Cl2N3O3S/c1-4-5-10-25-14(24)12-6-8-13(9-7-12)21-16(26)22-15(17(3,18)19)20-11(2)23/h6-9,15H,4-5,10H2,1-3H3,(H,20,23)(H2,21,22,26). The van der Waals surface area contributed by atoms with Crippen LogP contribution in [0.25, 0.3) is 0 Å². The summed E-state index contributed by atoms with van der Waals surface area (Å²) in [6, 6.07) is 6.66. The van der Waals surface area contributed by atoms with Gasteiger partial charge in [-0.25, -0.2) is 4.79 Å². The molecule has 9 heteroatoms. The number of ether oxygens (including phenoxy) is 1. The molecular formula is C17H23Cl2N3O3S. The van der Waals surface area contributed by atoms with Gasteiger partial charge in [0, 0.05) is 12.6 Å². The van der Waals surface area contributed by atoms with Crippen molar-refractivity contribution in [2.45, 2.75) is 44.1 Å². The number of halogens is 2. The second-order valence-corrected chi connectivity index (χ2v) is 7.93. The van der Waals surface area contributed by atoms with E-state index in [1.807, 2.05) is 6.92 Å². The van der Waals surface area contributed by atoms with Crippen molar-refractivity contribution in [2.75, 3.05) is 11.9 Å². The first-order chi connectivity index (χ1) is 12.1. The summed E-state index contributed by atoms with van der Waals surface area (Å²) in [5, 5.41) is 8.58. The second kappa shape index (κ2) is 10.5. The zero-order valence-corrected chi connectivity index (χ0v) is 17.2. The van der Waals surface area contributed by atoms with Crippen molar-refractivity contribution in [1.29, 1.82) is 0 Å². The minimum Gasteiger partial charge on any atom is -0.462 e. The molecule has 1 unspecified atom stereocenters. The van der Waals surface area contributed by atoms with Gasteiger partial charge in [0.2, 0.25) is 5.91 Å². The number of hydrogen-bond acceptors (Lipinski definition) is 4. The maximum atomic E-state index is 11.9. The molecule has 0 spiro atoms. The van der Waals surface area contributed by atoms with Gasteiger partial charge < -0.3 is 20.7 Å². The number of alkyl halides is 2. The first-order valence-corrected chi connectivity index (χ1v) is 9.29. The fourth-order valence-corrected chi connectivity index (χ4v) is 2.33. The molecule has 0 aliphatic heterocycles. The van der Waals surface area contributed by atoms with Gasteiger partial charge in [0.05, 0.1) is 12.2 Å². The summed E-state index contributed by atoms with van der Waals surface area (Å²) < 4.78 is 3.88. The Morgan fingerprint density at radius 3 is 2.35 bits per heavy atom. The molecule has 0 aliphatic carbocycles. The molecule has 0 saturated carbocycles. The van der Waals surface area contributed by atoms with Crippen LogP contribution < -0.4 is 16.0 Å². The van der Waals surface area contributed by atoms with Crippen LogP contribution in [0, 0.1) is 0 Å². The van der Waals surface area contributed by atoms with Crippen molar-refractivity contribution in [1.82, 2.24) is 10.6 Å². The fourth-order valence-electron chi connectivity index (χ4n) is 1.87. The summed E-state index contributed by atoms with van der Waals surface area (Å²) in [7, 11) is 0. The average Bonchev–Trinajstić information content (AvgIpc) is 2.53. The van der Waals surface area contributed by atoms with Gasteiger partial charge in [-0.05, 0) is 49.8 Å². The third-order valence-electron chi connectivity index (χ3n) is 3.24. The Labute approximate surface area is 168 Å². The highest BCUT2D eigenvalue weighted by Gasteiger charge is 2.31. The van der Waals surface area contributed by atoms with E-state index in [1.54, 1.807) is 24.3 Å². The van der Waals surface area contributed by atoms with Gasteiger partial charge in [0.25, 0.3) is 0 Å². The summed E-state index contributed by atoms with van der Waals surface area (Å²) in [5.74, 6) is -0.666. The predicted molar refractivity (Wildman–Crippen MR) is 109 cm³/mol. The summed E-state index contributed by atoms with van der Waals surface area (Å²) in [5.41, 5.74) is 1.11. The maximum absolute atomic E-state index is 11.9. The Bertz CT molecular complexity index is 633. The Balaban J connectivity index is 2.63. The highest BCUT2D eigenvalue weighted by Crippen LogP contribution is 2.23. The molecular weight excluding hydrogens is 397 g/mol. The lowest BCUT2D eigenvalue weighted by atomic mass is 10.2. The number of hydrogen-bond donors (Lipinski definition) is 3. The Hall–Kier alpha value is -1.57. The molecule has 1 aromatic carbocycles. The molecule has 0 heterocycles. The normalized spacial score (nSPS) is 12.0. The van der Waals surface area contributed by atoms with E-state index in [1.165, 1.54) is 13.8 Å². The minimum absolute atomic E-state index is 0.217. The number of carbonyl (C=O) groups is 2. The quantitative estimate of drug-likeness (QED) is 0.196. The first-order valence-electron chi connectivity index (χ1n) is 8.13. The molecule has 0 aliphatic rings. The molecule has 1 atom stereocenters. The van der Waals surface area contributed by atoms with E-state index >= 15 is 0 Å². The van der Waals surface area contributed by atoms with E-state index in [2.05, 4.69) is 16.0 Å². The highest BCUT2D eigenvalue weighted by molar-refractivity contribution is 7.80. The molecule has 26 heavy (non-hydrogen) atoms. The lowest BCUT2D eigenvalue weighted by Crippen LogP contribution is -2.56. The zero-order valence-electron chi connectivity index (χ0n) is 14.9. The molecule has 3 N–H and O–H groups in total. The fraction of sp³-hybridized carbons (Fsp3) is 0.471. The first kappa shape index (κ1) is 22.5. The number of rotatable bonds is 8. The van der Waals surface area contributed by atoms with Gasteiger partial charge in [-0.1, -0.05) is 36.5 Å². The summed E-state index contributed by atoms with van der Waals surface area (Å²) in [6.07, 6.45) is 1.01. The molecule has 0 fully saturated rings. The number of benzene rings is 1. The third kappa shape index (κ3) is 8.21. The lowest BCUT2D eigenvalue weighted by molar-refractivity contribution is -0.119. The average molecular weight is 420 g/mol. The van der Waals surface area contributed by atoms with Gasteiger partial charge in [-0.3, -0.25) is 4.79 Å². The van der Waals surface area contributed by atoms with Crippen LogP contribution in [0.4, 0.5) is 5.69 Å². The van der Waals surface area contributed by atoms with Crippen molar-refractivity contribution >= 4 is 58.1 Å². The summed E-state index contributed by atoms with van der Waals surface area (Å²) >= 11 is 17.3. The van der Waals surface area contributed by atoms with Crippen LogP contribution in [-0.2, 0) is 9.53 Å². The van der Waals surface area contributed by atoms with E-state index in [-0.39, 0.29) is 17.0 Å². The van der Waals surface area contributed by atoms with Gasteiger partial charge in [-0.2, -0.15) is 0 Å². The van der Waals surface area contributed by atoms with Crippen molar-refractivity contribution < 1.29 is 14.3 Å². The van der Waals surface area contributed by atoms with Crippen LogP contribution in [0.3, 0.4) is 0 Å². The smallest absolute Gasteiger partial charge is 0.338 e. The van der Waals surface area contributed by atoms with E-state index in [4.69, 9.17) is 40.2 Å². The van der Waals surface area contributed by atoms with Crippen molar-refractivity contribution in [3.63, 3.8) is 0 Å². The Morgan fingerprint density at radius 1 is 1.23 bits per heavy atom. The predicted octanol–water partition coefficient (Wildman–Crippen LogP) is 3.59.